The van der Waals surface area contributed by atoms with Crippen molar-refractivity contribution in [3.63, 3.8) is 0 Å². The van der Waals surface area contributed by atoms with Crippen LogP contribution >= 0.6 is 11.6 Å². The number of amides is 1. The lowest BCUT2D eigenvalue weighted by atomic mass is 10.0. The van der Waals surface area contributed by atoms with Gasteiger partial charge in [0.2, 0.25) is 5.91 Å². The van der Waals surface area contributed by atoms with Crippen LogP contribution in [0.5, 0.6) is 0 Å². The number of ketones is 1. The minimum absolute atomic E-state index is 0.0919. The third-order valence-corrected chi connectivity index (χ3v) is 2.94. The maximum Gasteiger partial charge on any atom is 0.221 e. The highest BCUT2D eigenvalue weighted by Crippen LogP contribution is 2.19. The molecule has 0 saturated carbocycles. The molecule has 1 N–H and O–H groups in total. The first-order chi connectivity index (χ1) is 9.47. The van der Waals surface area contributed by atoms with Crippen LogP contribution in [-0.4, -0.2) is 11.7 Å². The minimum atomic E-state index is -0.566. The predicted octanol–water partition coefficient (Wildman–Crippen LogP) is 3.67. The Labute approximate surface area is 120 Å². The number of anilines is 1. The second-order valence-electron chi connectivity index (χ2n) is 4.22. The zero-order valence-electron chi connectivity index (χ0n) is 10.6. The molecule has 0 radical (unpaired) electrons. The van der Waals surface area contributed by atoms with Gasteiger partial charge >= 0.3 is 0 Å². The Hall–Kier alpha value is -2.20. The first kappa shape index (κ1) is 14.2. The molecule has 20 heavy (non-hydrogen) atoms. The minimum Gasteiger partial charge on any atom is -0.326 e. The largest absolute Gasteiger partial charge is 0.326 e. The summed E-state index contributed by atoms with van der Waals surface area (Å²) in [6, 6.07) is 10.3. The molecule has 0 spiro atoms. The average molecular weight is 292 g/mol. The summed E-state index contributed by atoms with van der Waals surface area (Å²) in [6.07, 6.45) is 0. The molecule has 0 aliphatic heterocycles. The van der Waals surface area contributed by atoms with Crippen molar-refractivity contribution in [1.29, 1.82) is 0 Å². The molecular formula is C15H11ClFNO2. The molecular weight excluding hydrogens is 281 g/mol. The molecule has 0 fully saturated rings. The number of carbonyl (C=O) groups excluding carboxylic acids is 2. The van der Waals surface area contributed by atoms with Gasteiger partial charge in [-0.25, -0.2) is 4.39 Å². The molecule has 102 valence electrons. The molecule has 0 heterocycles. The Morgan fingerprint density at radius 3 is 2.20 bits per heavy atom. The van der Waals surface area contributed by atoms with E-state index < -0.39 is 5.82 Å². The molecule has 0 unspecified atom stereocenters. The van der Waals surface area contributed by atoms with Crippen molar-refractivity contribution in [2.75, 3.05) is 5.32 Å². The molecule has 0 aromatic heterocycles. The fourth-order valence-corrected chi connectivity index (χ4v) is 1.89. The second kappa shape index (κ2) is 5.84. The van der Waals surface area contributed by atoms with Gasteiger partial charge in [-0.2, -0.15) is 0 Å². The molecule has 0 aliphatic rings. The van der Waals surface area contributed by atoms with Crippen molar-refractivity contribution in [2.45, 2.75) is 6.92 Å². The molecule has 2 aromatic rings. The fourth-order valence-electron chi connectivity index (χ4n) is 1.71. The summed E-state index contributed by atoms with van der Waals surface area (Å²) in [4.78, 5) is 23.1. The summed E-state index contributed by atoms with van der Waals surface area (Å²) >= 11 is 5.65. The molecule has 0 atom stereocenters. The molecule has 0 aliphatic carbocycles. The van der Waals surface area contributed by atoms with Crippen LogP contribution in [0, 0.1) is 5.82 Å². The van der Waals surface area contributed by atoms with Crippen LogP contribution in [0.4, 0.5) is 10.1 Å². The quantitative estimate of drug-likeness (QED) is 0.877. The van der Waals surface area contributed by atoms with Crippen molar-refractivity contribution in [3.05, 3.63) is 64.4 Å². The molecule has 5 heteroatoms. The highest BCUT2D eigenvalue weighted by atomic mass is 35.5. The number of benzene rings is 2. The molecule has 2 aromatic carbocycles. The number of nitrogens with one attached hydrogen (secondary N) is 1. The van der Waals surface area contributed by atoms with Gasteiger partial charge < -0.3 is 5.32 Å². The van der Waals surface area contributed by atoms with Crippen LogP contribution in [0.2, 0.25) is 5.02 Å². The smallest absolute Gasteiger partial charge is 0.221 e. The summed E-state index contributed by atoms with van der Waals surface area (Å²) < 4.78 is 13.1. The molecule has 0 saturated heterocycles. The maximum atomic E-state index is 13.1. The summed E-state index contributed by atoms with van der Waals surface area (Å²) in [5.74, 6) is -1.01. The van der Waals surface area contributed by atoms with Crippen LogP contribution < -0.4 is 5.32 Å². The predicted molar refractivity (Wildman–Crippen MR) is 75.6 cm³/mol. The summed E-state index contributed by atoms with van der Waals surface area (Å²) in [6.45, 7) is 1.40. The van der Waals surface area contributed by atoms with Crippen LogP contribution in [0.1, 0.15) is 22.8 Å². The molecule has 1 amide bonds. The van der Waals surface area contributed by atoms with E-state index in [2.05, 4.69) is 5.32 Å². The second-order valence-corrected chi connectivity index (χ2v) is 4.62. The normalized spacial score (nSPS) is 10.2. The number of hydrogen-bond donors (Lipinski definition) is 1. The van der Waals surface area contributed by atoms with Gasteiger partial charge in [-0.15, -0.1) is 0 Å². The number of hydrogen-bond acceptors (Lipinski definition) is 2. The monoisotopic (exact) mass is 291 g/mol. The molecule has 0 bridgehead atoms. The van der Waals surface area contributed by atoms with E-state index in [1.807, 2.05) is 0 Å². The maximum absolute atomic E-state index is 13.1. The van der Waals surface area contributed by atoms with Gasteiger partial charge in [-0.1, -0.05) is 11.6 Å². The zero-order chi connectivity index (χ0) is 14.7. The lowest BCUT2D eigenvalue weighted by molar-refractivity contribution is -0.114. The Morgan fingerprint density at radius 2 is 1.65 bits per heavy atom. The van der Waals surface area contributed by atoms with Crippen molar-refractivity contribution >= 4 is 29.0 Å². The standard InChI is InChI=1S/C15H11ClFNO2/c1-9(19)18-12-5-2-10(3-6-12)15(20)11-4-7-14(17)13(16)8-11/h2-8H,1H3,(H,18,19). The van der Waals surface area contributed by atoms with Crippen molar-refractivity contribution < 1.29 is 14.0 Å². The summed E-state index contributed by atoms with van der Waals surface area (Å²) in [5.41, 5.74) is 1.34. The van der Waals surface area contributed by atoms with Gasteiger partial charge in [-0.05, 0) is 42.5 Å². The fraction of sp³-hybridized carbons (Fsp3) is 0.0667. The third kappa shape index (κ3) is 3.22. The topological polar surface area (TPSA) is 46.2 Å². The van der Waals surface area contributed by atoms with E-state index in [1.54, 1.807) is 24.3 Å². The Bertz CT molecular complexity index is 668. The zero-order valence-corrected chi connectivity index (χ0v) is 11.4. The van der Waals surface area contributed by atoms with Gasteiger partial charge in [0.15, 0.2) is 5.78 Å². The number of halogens is 2. The number of carbonyl (C=O) groups is 2. The SMILES string of the molecule is CC(=O)Nc1ccc(C(=O)c2ccc(F)c(Cl)c2)cc1. The number of rotatable bonds is 3. The van der Waals surface area contributed by atoms with Crippen molar-refractivity contribution in [1.82, 2.24) is 0 Å². The van der Waals surface area contributed by atoms with E-state index in [-0.39, 0.29) is 16.7 Å². The molecule has 2 rings (SSSR count). The average Bonchev–Trinajstić information content (AvgIpc) is 2.41. The van der Waals surface area contributed by atoms with Crippen LogP contribution in [0.15, 0.2) is 42.5 Å². The van der Waals surface area contributed by atoms with E-state index in [9.17, 15) is 14.0 Å². The Balaban J connectivity index is 2.24. The molecule has 3 nitrogen and oxygen atoms in total. The van der Waals surface area contributed by atoms with E-state index in [4.69, 9.17) is 11.6 Å². The van der Waals surface area contributed by atoms with Gasteiger partial charge in [0.05, 0.1) is 5.02 Å². The van der Waals surface area contributed by atoms with E-state index in [0.717, 1.165) is 6.07 Å². The van der Waals surface area contributed by atoms with Gasteiger partial charge in [0.1, 0.15) is 5.82 Å². The first-order valence-corrected chi connectivity index (χ1v) is 6.22. The first-order valence-electron chi connectivity index (χ1n) is 5.85. The van der Waals surface area contributed by atoms with E-state index >= 15 is 0 Å². The van der Waals surface area contributed by atoms with Gasteiger partial charge in [0, 0.05) is 23.7 Å². The van der Waals surface area contributed by atoms with E-state index in [0.29, 0.717) is 16.8 Å². The summed E-state index contributed by atoms with van der Waals surface area (Å²) in [5, 5.41) is 2.51. The van der Waals surface area contributed by atoms with Crippen molar-refractivity contribution in [2.24, 2.45) is 0 Å². The Morgan fingerprint density at radius 1 is 1.05 bits per heavy atom. The van der Waals surface area contributed by atoms with Crippen LogP contribution in [0.25, 0.3) is 0 Å². The van der Waals surface area contributed by atoms with Crippen molar-refractivity contribution in [3.8, 4) is 0 Å². The third-order valence-electron chi connectivity index (χ3n) is 2.65. The van der Waals surface area contributed by atoms with E-state index in [1.165, 1.54) is 19.1 Å². The van der Waals surface area contributed by atoms with Crippen LogP contribution in [0.3, 0.4) is 0 Å². The lowest BCUT2D eigenvalue weighted by Crippen LogP contribution is -2.06. The Kier molecular flexibility index (Phi) is 4.15. The lowest BCUT2D eigenvalue weighted by Gasteiger charge is -2.05. The van der Waals surface area contributed by atoms with Gasteiger partial charge in [0.25, 0.3) is 0 Å². The highest BCUT2D eigenvalue weighted by molar-refractivity contribution is 6.31. The van der Waals surface area contributed by atoms with Gasteiger partial charge in [-0.3, -0.25) is 9.59 Å². The highest BCUT2D eigenvalue weighted by Gasteiger charge is 2.11. The van der Waals surface area contributed by atoms with Crippen LogP contribution in [-0.2, 0) is 4.79 Å². The summed E-state index contributed by atoms with van der Waals surface area (Å²) in [7, 11) is 0.